The maximum absolute atomic E-state index is 12.2. The fraction of sp³-hybridized carbons (Fsp3) is 0.125. The molecular weight excluding hydrogens is 397 g/mol. The summed E-state index contributed by atoms with van der Waals surface area (Å²) < 4.78 is 26.9. The third kappa shape index (κ3) is 2.72. The highest BCUT2D eigenvalue weighted by molar-refractivity contribution is 14.1. The molecule has 0 amide bonds. The van der Waals surface area contributed by atoms with Crippen molar-refractivity contribution >= 4 is 43.5 Å². The summed E-state index contributed by atoms with van der Waals surface area (Å²) in [6.45, 7) is 0. The summed E-state index contributed by atoms with van der Waals surface area (Å²) in [6, 6.07) is 17.5. The Morgan fingerprint density at radius 1 is 1.00 bits per heavy atom. The van der Waals surface area contributed by atoms with Crippen molar-refractivity contribution in [2.45, 2.75) is 6.42 Å². The average molecular weight is 411 g/mol. The lowest BCUT2D eigenvalue weighted by Gasteiger charge is -2.09. The van der Waals surface area contributed by atoms with Crippen molar-refractivity contribution in [1.29, 1.82) is 0 Å². The Labute approximate surface area is 137 Å². The molecule has 1 heterocycles. The van der Waals surface area contributed by atoms with Gasteiger partial charge in [0.2, 0.25) is 10.0 Å². The van der Waals surface area contributed by atoms with Gasteiger partial charge in [0.05, 0.1) is 17.5 Å². The summed E-state index contributed by atoms with van der Waals surface area (Å²) >= 11 is 2.24. The minimum Gasteiger partial charge on any atom is -0.241 e. The number of halogens is 1. The van der Waals surface area contributed by atoms with Crippen LogP contribution in [-0.2, 0) is 16.4 Å². The van der Waals surface area contributed by atoms with E-state index in [0.717, 1.165) is 25.7 Å². The molecule has 0 aliphatic rings. The van der Waals surface area contributed by atoms with Crippen molar-refractivity contribution in [2.75, 3.05) is 6.26 Å². The molecule has 0 aliphatic carbocycles. The number of para-hydroxylation sites is 1. The van der Waals surface area contributed by atoms with E-state index in [2.05, 4.69) is 22.6 Å². The number of rotatable bonds is 3. The van der Waals surface area contributed by atoms with Crippen molar-refractivity contribution < 1.29 is 8.42 Å². The highest BCUT2D eigenvalue weighted by Gasteiger charge is 2.20. The van der Waals surface area contributed by atoms with Crippen LogP contribution in [0.15, 0.2) is 54.6 Å². The lowest BCUT2D eigenvalue weighted by atomic mass is 10.1. The predicted octanol–water partition coefficient (Wildman–Crippen LogP) is 3.64. The topological polar surface area (TPSA) is 39.1 Å². The van der Waals surface area contributed by atoms with Gasteiger partial charge in [0.25, 0.3) is 0 Å². The first-order chi connectivity index (χ1) is 9.98. The molecule has 0 fully saturated rings. The zero-order valence-corrected chi connectivity index (χ0v) is 14.4. The Morgan fingerprint density at radius 3 is 2.29 bits per heavy atom. The summed E-state index contributed by atoms with van der Waals surface area (Å²) in [5, 5.41) is 0.981. The van der Waals surface area contributed by atoms with E-state index in [1.165, 1.54) is 10.2 Å². The second-order valence-corrected chi connectivity index (χ2v) is 7.88. The van der Waals surface area contributed by atoms with E-state index in [0.29, 0.717) is 6.42 Å². The number of hydrogen-bond donors (Lipinski definition) is 0. The molecule has 5 heteroatoms. The van der Waals surface area contributed by atoms with Gasteiger partial charge in [0.15, 0.2) is 0 Å². The van der Waals surface area contributed by atoms with Gasteiger partial charge in [-0.3, -0.25) is 0 Å². The zero-order chi connectivity index (χ0) is 15.0. The van der Waals surface area contributed by atoms with E-state index in [4.69, 9.17) is 0 Å². The number of nitrogens with zero attached hydrogens (tertiary/aromatic N) is 1. The molecule has 0 saturated heterocycles. The predicted molar refractivity (Wildman–Crippen MR) is 94.1 cm³/mol. The number of hydrogen-bond acceptors (Lipinski definition) is 2. The molecule has 0 unspecified atom stereocenters. The zero-order valence-electron chi connectivity index (χ0n) is 11.5. The van der Waals surface area contributed by atoms with Crippen molar-refractivity contribution in [3.05, 3.63) is 69.4 Å². The lowest BCUT2D eigenvalue weighted by Crippen LogP contribution is -2.14. The van der Waals surface area contributed by atoms with Crippen LogP contribution in [0.4, 0.5) is 0 Å². The minimum absolute atomic E-state index is 0.598. The lowest BCUT2D eigenvalue weighted by molar-refractivity contribution is 0.593. The Morgan fingerprint density at radius 2 is 1.62 bits per heavy atom. The summed E-state index contributed by atoms with van der Waals surface area (Å²) in [6.07, 6.45) is 1.85. The van der Waals surface area contributed by atoms with E-state index >= 15 is 0 Å². The summed E-state index contributed by atoms with van der Waals surface area (Å²) in [5.74, 6) is 0. The third-order valence-electron chi connectivity index (χ3n) is 3.40. The summed E-state index contributed by atoms with van der Waals surface area (Å²) in [7, 11) is -3.35. The molecule has 0 N–H and O–H groups in total. The molecule has 3 nitrogen and oxygen atoms in total. The Kier molecular flexibility index (Phi) is 3.79. The van der Waals surface area contributed by atoms with E-state index in [9.17, 15) is 8.42 Å². The van der Waals surface area contributed by atoms with Crippen molar-refractivity contribution in [1.82, 2.24) is 3.97 Å². The SMILES string of the molecule is CS(=O)(=O)n1c(Cc2ccccc2)c(I)c2ccccc21. The highest BCUT2D eigenvalue weighted by atomic mass is 127. The molecule has 0 bridgehead atoms. The van der Waals surface area contributed by atoms with E-state index in [1.807, 2.05) is 54.6 Å². The molecule has 0 spiro atoms. The maximum Gasteiger partial charge on any atom is 0.236 e. The Hall–Kier alpha value is -1.34. The van der Waals surface area contributed by atoms with Crippen LogP contribution in [0.25, 0.3) is 10.9 Å². The smallest absolute Gasteiger partial charge is 0.236 e. The van der Waals surface area contributed by atoms with Gasteiger partial charge in [0, 0.05) is 15.4 Å². The maximum atomic E-state index is 12.2. The van der Waals surface area contributed by atoms with E-state index in [-0.39, 0.29) is 0 Å². The van der Waals surface area contributed by atoms with Crippen molar-refractivity contribution in [2.24, 2.45) is 0 Å². The fourth-order valence-electron chi connectivity index (χ4n) is 2.54. The minimum atomic E-state index is -3.35. The number of aromatic nitrogens is 1. The van der Waals surface area contributed by atoms with Crippen LogP contribution >= 0.6 is 22.6 Å². The van der Waals surface area contributed by atoms with Crippen LogP contribution in [-0.4, -0.2) is 18.6 Å². The monoisotopic (exact) mass is 411 g/mol. The molecule has 108 valence electrons. The summed E-state index contributed by atoms with van der Waals surface area (Å²) in [5.41, 5.74) is 2.67. The van der Waals surface area contributed by atoms with E-state index in [1.54, 1.807) is 0 Å². The fourth-order valence-corrected chi connectivity index (χ4v) is 4.67. The van der Waals surface area contributed by atoms with E-state index < -0.39 is 10.0 Å². The molecule has 0 aliphatic heterocycles. The molecular formula is C16H14INO2S. The normalized spacial score (nSPS) is 11.9. The number of benzene rings is 2. The first kappa shape index (κ1) is 14.6. The van der Waals surface area contributed by atoms with Gasteiger partial charge in [-0.15, -0.1) is 0 Å². The van der Waals surface area contributed by atoms with Crippen LogP contribution in [0.1, 0.15) is 11.3 Å². The van der Waals surface area contributed by atoms with Gasteiger partial charge in [0.1, 0.15) is 0 Å². The Bertz CT molecular complexity index is 899. The molecule has 1 aromatic heterocycles. The molecule has 0 radical (unpaired) electrons. The van der Waals surface area contributed by atoms with Gasteiger partial charge in [-0.1, -0.05) is 48.5 Å². The first-order valence-electron chi connectivity index (χ1n) is 6.51. The summed E-state index contributed by atoms with van der Waals surface area (Å²) in [4.78, 5) is 0. The Balaban J connectivity index is 2.29. The number of fused-ring (bicyclic) bond motifs is 1. The molecule has 0 atom stereocenters. The van der Waals surface area contributed by atoms with Crippen LogP contribution < -0.4 is 0 Å². The second kappa shape index (κ2) is 5.46. The van der Waals surface area contributed by atoms with Crippen molar-refractivity contribution in [3.8, 4) is 0 Å². The average Bonchev–Trinajstić information content (AvgIpc) is 2.73. The van der Waals surface area contributed by atoms with Crippen LogP contribution in [0.3, 0.4) is 0 Å². The molecule has 2 aromatic carbocycles. The van der Waals surface area contributed by atoms with Gasteiger partial charge < -0.3 is 0 Å². The molecule has 21 heavy (non-hydrogen) atoms. The standard InChI is InChI=1S/C16H14INO2S/c1-21(19,20)18-14-10-6-5-9-13(14)16(17)15(18)11-12-7-3-2-4-8-12/h2-10H,11H2,1H3. The molecule has 3 aromatic rings. The van der Waals surface area contributed by atoms with Gasteiger partial charge in [-0.25, -0.2) is 12.4 Å². The van der Waals surface area contributed by atoms with Crippen LogP contribution in [0.5, 0.6) is 0 Å². The third-order valence-corrected chi connectivity index (χ3v) is 5.69. The molecule has 0 saturated carbocycles. The second-order valence-electron chi connectivity index (χ2n) is 4.97. The van der Waals surface area contributed by atoms with Gasteiger partial charge in [-0.05, 0) is 34.2 Å². The van der Waals surface area contributed by atoms with Gasteiger partial charge >= 0.3 is 0 Å². The highest BCUT2D eigenvalue weighted by Crippen LogP contribution is 2.30. The van der Waals surface area contributed by atoms with Crippen LogP contribution in [0.2, 0.25) is 0 Å². The van der Waals surface area contributed by atoms with Crippen molar-refractivity contribution in [3.63, 3.8) is 0 Å². The first-order valence-corrected chi connectivity index (χ1v) is 9.43. The quantitative estimate of drug-likeness (QED) is 0.618. The van der Waals surface area contributed by atoms with Gasteiger partial charge in [-0.2, -0.15) is 0 Å². The van der Waals surface area contributed by atoms with Crippen LogP contribution in [0, 0.1) is 3.57 Å². The largest absolute Gasteiger partial charge is 0.241 e. The molecule has 3 rings (SSSR count).